The predicted molar refractivity (Wildman–Crippen MR) is 49.8 cm³/mol. The molecule has 0 atom stereocenters. The zero-order chi connectivity index (χ0) is 10.6. The summed E-state index contributed by atoms with van der Waals surface area (Å²) in [4.78, 5) is 11.0. The van der Waals surface area contributed by atoms with Crippen LogP contribution in [0.1, 0.15) is 23.9 Å². The number of alkyl carbamates (subject to hydrolysis) is 1. The summed E-state index contributed by atoms with van der Waals surface area (Å²) >= 11 is 0. The van der Waals surface area contributed by atoms with E-state index < -0.39 is 6.09 Å². The third-order valence-electron chi connectivity index (χ3n) is 1.87. The maximum Gasteiger partial charge on any atom is 0.407 e. The monoisotopic (exact) mass is 198 g/mol. The minimum Gasteiger partial charge on any atom is -0.450 e. The lowest BCUT2D eigenvalue weighted by atomic mass is 10.2. The molecule has 1 amide bonds. The van der Waals surface area contributed by atoms with Crippen LogP contribution < -0.4 is 5.32 Å². The molecule has 0 fully saturated rings. The Balaban J connectivity index is 2.49. The lowest BCUT2D eigenvalue weighted by Gasteiger charge is -2.03. The van der Waals surface area contributed by atoms with E-state index in [9.17, 15) is 4.79 Å². The van der Waals surface area contributed by atoms with Gasteiger partial charge in [0.2, 0.25) is 0 Å². The normalized spacial score (nSPS) is 9.93. The van der Waals surface area contributed by atoms with Gasteiger partial charge in [-0.2, -0.15) is 0 Å². The molecule has 78 valence electrons. The summed E-state index contributed by atoms with van der Waals surface area (Å²) in [5.41, 5.74) is 1.69. The number of aromatic nitrogens is 1. The summed E-state index contributed by atoms with van der Waals surface area (Å²) in [6, 6.07) is 0. The molecule has 1 aromatic rings. The van der Waals surface area contributed by atoms with E-state index in [0.29, 0.717) is 13.2 Å². The van der Waals surface area contributed by atoms with Crippen molar-refractivity contribution in [2.24, 2.45) is 0 Å². The standard InChI is InChI=1S/C9H14N2O3/c1-4-13-9(12)10-5-8-6(2)11-14-7(8)3/h4-5H2,1-3H3,(H,10,12). The second kappa shape index (κ2) is 4.64. The molecule has 5 nitrogen and oxygen atoms in total. The lowest BCUT2D eigenvalue weighted by molar-refractivity contribution is 0.151. The highest BCUT2D eigenvalue weighted by molar-refractivity contribution is 5.67. The number of carbonyl (C=O) groups is 1. The minimum absolute atomic E-state index is 0.368. The number of nitrogens with one attached hydrogen (secondary N) is 1. The SMILES string of the molecule is CCOC(=O)NCc1c(C)noc1C. The van der Waals surface area contributed by atoms with Crippen molar-refractivity contribution in [3.8, 4) is 0 Å². The molecule has 1 heterocycles. The predicted octanol–water partition coefficient (Wildman–Crippen LogP) is 1.54. The lowest BCUT2D eigenvalue weighted by Crippen LogP contribution is -2.24. The van der Waals surface area contributed by atoms with Crippen molar-refractivity contribution in [3.63, 3.8) is 0 Å². The molecule has 0 aliphatic rings. The quantitative estimate of drug-likeness (QED) is 0.800. The van der Waals surface area contributed by atoms with Crippen LogP contribution in [-0.4, -0.2) is 17.9 Å². The van der Waals surface area contributed by atoms with Gasteiger partial charge in [-0.1, -0.05) is 5.16 Å². The minimum atomic E-state index is -0.424. The Morgan fingerprint density at radius 2 is 2.29 bits per heavy atom. The van der Waals surface area contributed by atoms with Crippen molar-refractivity contribution in [1.82, 2.24) is 10.5 Å². The molecular weight excluding hydrogens is 184 g/mol. The number of nitrogens with zero attached hydrogens (tertiary/aromatic N) is 1. The molecule has 0 saturated heterocycles. The number of ether oxygens (including phenoxy) is 1. The van der Waals surface area contributed by atoms with E-state index in [1.54, 1.807) is 6.92 Å². The van der Waals surface area contributed by atoms with E-state index in [2.05, 4.69) is 10.5 Å². The van der Waals surface area contributed by atoms with Crippen LogP contribution in [0.15, 0.2) is 4.52 Å². The van der Waals surface area contributed by atoms with Crippen molar-refractivity contribution in [1.29, 1.82) is 0 Å². The van der Waals surface area contributed by atoms with Crippen LogP contribution in [0.5, 0.6) is 0 Å². The van der Waals surface area contributed by atoms with Crippen LogP contribution in [0, 0.1) is 13.8 Å². The van der Waals surface area contributed by atoms with Gasteiger partial charge in [0, 0.05) is 5.56 Å². The molecule has 0 saturated carbocycles. The molecule has 5 heteroatoms. The smallest absolute Gasteiger partial charge is 0.407 e. The molecule has 14 heavy (non-hydrogen) atoms. The highest BCUT2D eigenvalue weighted by Crippen LogP contribution is 2.11. The summed E-state index contributed by atoms with van der Waals surface area (Å²) in [6.07, 6.45) is -0.424. The van der Waals surface area contributed by atoms with E-state index in [1.807, 2.05) is 13.8 Å². The molecular formula is C9H14N2O3. The molecule has 0 unspecified atom stereocenters. The van der Waals surface area contributed by atoms with Crippen molar-refractivity contribution in [2.75, 3.05) is 6.61 Å². The Morgan fingerprint density at radius 1 is 1.57 bits per heavy atom. The largest absolute Gasteiger partial charge is 0.450 e. The first-order valence-electron chi connectivity index (χ1n) is 4.47. The molecule has 0 radical (unpaired) electrons. The molecule has 1 rings (SSSR count). The number of rotatable bonds is 3. The van der Waals surface area contributed by atoms with E-state index in [-0.39, 0.29) is 0 Å². The maximum absolute atomic E-state index is 11.0. The van der Waals surface area contributed by atoms with Gasteiger partial charge in [0.1, 0.15) is 5.76 Å². The summed E-state index contributed by atoms with van der Waals surface area (Å²) in [7, 11) is 0. The van der Waals surface area contributed by atoms with Crippen molar-refractivity contribution in [3.05, 3.63) is 17.0 Å². The van der Waals surface area contributed by atoms with Crippen LogP contribution >= 0.6 is 0 Å². The Labute approximate surface area is 82.4 Å². The Hall–Kier alpha value is -1.52. The van der Waals surface area contributed by atoms with Crippen molar-refractivity contribution < 1.29 is 14.1 Å². The average Bonchev–Trinajstić information content (AvgIpc) is 2.44. The number of hydrogen-bond acceptors (Lipinski definition) is 4. The van der Waals surface area contributed by atoms with Crippen molar-refractivity contribution >= 4 is 6.09 Å². The topological polar surface area (TPSA) is 64.4 Å². The highest BCUT2D eigenvalue weighted by atomic mass is 16.5. The van der Waals surface area contributed by atoms with Crippen LogP contribution in [0.25, 0.3) is 0 Å². The van der Waals surface area contributed by atoms with E-state index in [0.717, 1.165) is 17.0 Å². The van der Waals surface area contributed by atoms with E-state index >= 15 is 0 Å². The first kappa shape index (κ1) is 10.6. The Kier molecular flexibility index (Phi) is 3.50. The average molecular weight is 198 g/mol. The van der Waals surface area contributed by atoms with Gasteiger partial charge >= 0.3 is 6.09 Å². The van der Waals surface area contributed by atoms with Crippen LogP contribution in [0.2, 0.25) is 0 Å². The van der Waals surface area contributed by atoms with Gasteiger partial charge in [0.25, 0.3) is 0 Å². The van der Waals surface area contributed by atoms with Crippen LogP contribution in [-0.2, 0) is 11.3 Å². The molecule has 0 aliphatic heterocycles. The van der Waals surface area contributed by atoms with Gasteiger partial charge in [-0.3, -0.25) is 0 Å². The third kappa shape index (κ3) is 2.48. The molecule has 1 aromatic heterocycles. The summed E-state index contributed by atoms with van der Waals surface area (Å²) in [5, 5.41) is 6.38. The summed E-state index contributed by atoms with van der Waals surface area (Å²) in [6.45, 7) is 6.16. The first-order chi connectivity index (χ1) is 6.65. The summed E-state index contributed by atoms with van der Waals surface area (Å²) in [5.74, 6) is 0.722. The molecule has 0 spiro atoms. The van der Waals surface area contributed by atoms with Gasteiger partial charge in [-0.05, 0) is 20.8 Å². The van der Waals surface area contributed by atoms with Gasteiger partial charge in [0.15, 0.2) is 0 Å². The van der Waals surface area contributed by atoms with E-state index in [4.69, 9.17) is 9.26 Å². The van der Waals surface area contributed by atoms with Gasteiger partial charge in [-0.25, -0.2) is 4.79 Å². The van der Waals surface area contributed by atoms with Crippen LogP contribution in [0.3, 0.4) is 0 Å². The fourth-order valence-electron chi connectivity index (χ4n) is 1.10. The number of carbonyl (C=O) groups excluding carboxylic acids is 1. The number of amides is 1. The second-order valence-corrected chi connectivity index (χ2v) is 2.88. The maximum atomic E-state index is 11.0. The summed E-state index contributed by atoms with van der Waals surface area (Å²) < 4.78 is 9.66. The van der Waals surface area contributed by atoms with Gasteiger partial charge in [0.05, 0.1) is 18.8 Å². The van der Waals surface area contributed by atoms with Crippen LogP contribution in [0.4, 0.5) is 4.79 Å². The molecule has 0 aliphatic carbocycles. The molecule has 0 aromatic carbocycles. The number of aryl methyl sites for hydroxylation is 2. The molecule has 1 N–H and O–H groups in total. The first-order valence-corrected chi connectivity index (χ1v) is 4.47. The fourth-order valence-corrected chi connectivity index (χ4v) is 1.10. The Bertz CT molecular complexity index is 300. The second-order valence-electron chi connectivity index (χ2n) is 2.88. The van der Waals surface area contributed by atoms with Gasteiger partial charge in [-0.15, -0.1) is 0 Å². The zero-order valence-electron chi connectivity index (χ0n) is 8.59. The zero-order valence-corrected chi connectivity index (χ0v) is 8.59. The third-order valence-corrected chi connectivity index (χ3v) is 1.87. The Morgan fingerprint density at radius 3 is 2.79 bits per heavy atom. The van der Waals surface area contributed by atoms with Gasteiger partial charge < -0.3 is 14.6 Å². The molecule has 0 bridgehead atoms. The number of hydrogen-bond donors (Lipinski definition) is 1. The highest BCUT2D eigenvalue weighted by Gasteiger charge is 2.09. The fraction of sp³-hybridized carbons (Fsp3) is 0.556. The van der Waals surface area contributed by atoms with Crippen molar-refractivity contribution in [2.45, 2.75) is 27.3 Å². The van der Waals surface area contributed by atoms with E-state index in [1.165, 1.54) is 0 Å².